The van der Waals surface area contributed by atoms with Gasteiger partial charge in [0, 0.05) is 12.6 Å². The third-order valence-electron chi connectivity index (χ3n) is 2.38. The summed E-state index contributed by atoms with van der Waals surface area (Å²) in [7, 11) is 0. The Balaban J connectivity index is 4.55. The minimum atomic E-state index is -0.998. The van der Waals surface area contributed by atoms with Crippen molar-refractivity contribution in [1.82, 2.24) is 10.2 Å². The van der Waals surface area contributed by atoms with Crippen LogP contribution in [0.15, 0.2) is 12.7 Å². The molecule has 0 bridgehead atoms. The number of amides is 2. The molecule has 2 N–H and O–H groups in total. The highest BCUT2D eigenvalue weighted by Crippen LogP contribution is 2.02. The van der Waals surface area contributed by atoms with Gasteiger partial charge in [-0.3, -0.25) is 0 Å². The van der Waals surface area contributed by atoms with Crippen LogP contribution in [0.25, 0.3) is 0 Å². The van der Waals surface area contributed by atoms with E-state index < -0.39 is 12.0 Å². The van der Waals surface area contributed by atoms with Gasteiger partial charge in [0.1, 0.15) is 6.04 Å². The van der Waals surface area contributed by atoms with Gasteiger partial charge in [-0.15, -0.1) is 6.58 Å². The van der Waals surface area contributed by atoms with Crippen molar-refractivity contribution in [2.75, 3.05) is 6.54 Å². The van der Waals surface area contributed by atoms with Gasteiger partial charge in [-0.25, -0.2) is 9.59 Å². The number of carboxylic acid groups (broad SMARTS) is 1. The molecule has 0 heterocycles. The number of carbonyl (C=O) groups excluding carboxylic acids is 1. The summed E-state index contributed by atoms with van der Waals surface area (Å²) < 4.78 is 0. The first-order valence-corrected chi connectivity index (χ1v) is 5.84. The van der Waals surface area contributed by atoms with Crippen LogP contribution in [0.4, 0.5) is 4.79 Å². The fourth-order valence-corrected chi connectivity index (χ4v) is 1.45. The molecule has 0 aliphatic rings. The SMILES string of the molecule is C=CCN(C(=O)N[C@@H](CCC)C(=O)O)C(C)C. The van der Waals surface area contributed by atoms with Crippen molar-refractivity contribution in [3.8, 4) is 0 Å². The molecule has 0 unspecified atom stereocenters. The number of hydrogen-bond acceptors (Lipinski definition) is 2. The molecule has 0 rings (SSSR count). The molecule has 0 aromatic heterocycles. The standard InChI is InChI=1S/C12H22N2O3/c1-5-7-10(11(15)16)13-12(17)14(8-6-2)9(3)4/h6,9-10H,2,5,7-8H2,1,3-4H3,(H,13,17)(H,15,16)/t10-/m0/s1. The molecule has 0 aliphatic carbocycles. The first kappa shape index (κ1) is 15.5. The lowest BCUT2D eigenvalue weighted by atomic mass is 10.2. The van der Waals surface area contributed by atoms with E-state index in [1.807, 2.05) is 20.8 Å². The maximum absolute atomic E-state index is 11.9. The Labute approximate surface area is 102 Å². The van der Waals surface area contributed by atoms with E-state index in [9.17, 15) is 9.59 Å². The third-order valence-corrected chi connectivity index (χ3v) is 2.38. The van der Waals surface area contributed by atoms with Crippen LogP contribution in [0.2, 0.25) is 0 Å². The molecule has 0 aromatic carbocycles. The molecule has 0 aliphatic heterocycles. The number of hydrogen-bond donors (Lipinski definition) is 2. The maximum atomic E-state index is 11.9. The predicted molar refractivity (Wildman–Crippen MR) is 66.9 cm³/mol. The molecule has 0 saturated carbocycles. The number of nitrogens with zero attached hydrogens (tertiary/aromatic N) is 1. The second kappa shape index (κ2) is 7.70. The van der Waals surface area contributed by atoms with Gasteiger partial charge in [-0.1, -0.05) is 19.4 Å². The van der Waals surface area contributed by atoms with Crippen molar-refractivity contribution in [3.63, 3.8) is 0 Å². The van der Waals surface area contributed by atoms with Gasteiger partial charge in [0.25, 0.3) is 0 Å². The van der Waals surface area contributed by atoms with Crippen LogP contribution < -0.4 is 5.32 Å². The van der Waals surface area contributed by atoms with Crippen LogP contribution in [0.5, 0.6) is 0 Å². The zero-order valence-corrected chi connectivity index (χ0v) is 10.8. The molecule has 98 valence electrons. The second-order valence-corrected chi connectivity index (χ2v) is 4.16. The van der Waals surface area contributed by atoms with E-state index >= 15 is 0 Å². The Morgan fingerprint density at radius 2 is 2.06 bits per heavy atom. The monoisotopic (exact) mass is 242 g/mol. The molecular weight excluding hydrogens is 220 g/mol. The quantitative estimate of drug-likeness (QED) is 0.669. The Kier molecular flexibility index (Phi) is 7.02. The Morgan fingerprint density at radius 3 is 2.41 bits per heavy atom. The molecule has 1 atom stereocenters. The number of rotatable bonds is 7. The van der Waals surface area contributed by atoms with Gasteiger partial charge in [0.15, 0.2) is 0 Å². The van der Waals surface area contributed by atoms with E-state index in [4.69, 9.17) is 5.11 Å². The number of nitrogens with one attached hydrogen (secondary N) is 1. The summed E-state index contributed by atoms with van der Waals surface area (Å²) in [6.45, 7) is 9.61. The van der Waals surface area contributed by atoms with Crippen LogP contribution in [0.1, 0.15) is 33.6 Å². The van der Waals surface area contributed by atoms with Crippen LogP contribution in [0, 0.1) is 0 Å². The molecular formula is C12H22N2O3. The normalized spacial score (nSPS) is 12.0. The lowest BCUT2D eigenvalue weighted by Crippen LogP contribution is -2.50. The van der Waals surface area contributed by atoms with Crippen molar-refractivity contribution >= 4 is 12.0 Å². The third kappa shape index (κ3) is 5.38. The van der Waals surface area contributed by atoms with Gasteiger partial charge in [-0.05, 0) is 20.3 Å². The minimum absolute atomic E-state index is 0.00377. The van der Waals surface area contributed by atoms with Crippen molar-refractivity contribution in [2.45, 2.75) is 45.7 Å². The maximum Gasteiger partial charge on any atom is 0.326 e. The number of carbonyl (C=O) groups is 2. The molecule has 0 aromatic rings. The van der Waals surface area contributed by atoms with Crippen molar-refractivity contribution < 1.29 is 14.7 Å². The Morgan fingerprint density at radius 1 is 1.47 bits per heavy atom. The fraction of sp³-hybridized carbons (Fsp3) is 0.667. The molecule has 0 fully saturated rings. The van der Waals surface area contributed by atoms with E-state index in [-0.39, 0.29) is 12.1 Å². The zero-order chi connectivity index (χ0) is 13.4. The zero-order valence-electron chi connectivity index (χ0n) is 10.8. The van der Waals surface area contributed by atoms with Crippen molar-refractivity contribution in [3.05, 3.63) is 12.7 Å². The number of urea groups is 1. The average molecular weight is 242 g/mol. The molecule has 0 radical (unpaired) electrons. The molecule has 5 nitrogen and oxygen atoms in total. The van der Waals surface area contributed by atoms with E-state index in [2.05, 4.69) is 11.9 Å². The number of aliphatic carboxylic acids is 1. The first-order chi connectivity index (χ1) is 7.93. The van der Waals surface area contributed by atoms with Gasteiger partial charge in [-0.2, -0.15) is 0 Å². The smallest absolute Gasteiger partial charge is 0.326 e. The lowest BCUT2D eigenvalue weighted by Gasteiger charge is -2.27. The Bertz CT molecular complexity index is 277. The highest BCUT2D eigenvalue weighted by atomic mass is 16.4. The summed E-state index contributed by atoms with van der Waals surface area (Å²) in [4.78, 5) is 24.3. The summed E-state index contributed by atoms with van der Waals surface area (Å²) >= 11 is 0. The van der Waals surface area contributed by atoms with E-state index in [0.29, 0.717) is 19.4 Å². The summed E-state index contributed by atoms with van der Waals surface area (Å²) in [6, 6.07) is -1.18. The average Bonchev–Trinajstić information content (AvgIpc) is 2.24. The van der Waals surface area contributed by atoms with E-state index in [1.54, 1.807) is 11.0 Å². The highest BCUT2D eigenvalue weighted by molar-refractivity contribution is 5.82. The minimum Gasteiger partial charge on any atom is -0.480 e. The molecule has 2 amide bonds. The van der Waals surface area contributed by atoms with Crippen molar-refractivity contribution in [2.24, 2.45) is 0 Å². The fourth-order valence-electron chi connectivity index (χ4n) is 1.45. The highest BCUT2D eigenvalue weighted by Gasteiger charge is 2.23. The van der Waals surface area contributed by atoms with Crippen molar-refractivity contribution in [1.29, 1.82) is 0 Å². The summed E-state index contributed by atoms with van der Waals surface area (Å²) in [6.07, 6.45) is 2.76. The Hall–Kier alpha value is -1.52. The lowest BCUT2D eigenvalue weighted by molar-refractivity contribution is -0.139. The molecule has 17 heavy (non-hydrogen) atoms. The summed E-state index contributed by atoms with van der Waals surface area (Å²) in [5, 5.41) is 11.5. The number of carboxylic acids is 1. The first-order valence-electron chi connectivity index (χ1n) is 5.84. The van der Waals surface area contributed by atoms with Crippen LogP contribution >= 0.6 is 0 Å². The van der Waals surface area contributed by atoms with Crippen LogP contribution in [-0.2, 0) is 4.79 Å². The predicted octanol–water partition coefficient (Wildman–Crippen LogP) is 1.85. The molecule has 0 spiro atoms. The molecule has 5 heteroatoms. The van der Waals surface area contributed by atoms with Crippen LogP contribution in [-0.4, -0.2) is 40.6 Å². The largest absolute Gasteiger partial charge is 0.480 e. The second-order valence-electron chi connectivity index (χ2n) is 4.16. The van der Waals surface area contributed by atoms with E-state index in [1.165, 1.54) is 0 Å². The van der Waals surface area contributed by atoms with Gasteiger partial charge in [0.2, 0.25) is 0 Å². The topological polar surface area (TPSA) is 69.6 Å². The van der Waals surface area contributed by atoms with Crippen LogP contribution in [0.3, 0.4) is 0 Å². The summed E-state index contributed by atoms with van der Waals surface area (Å²) in [5.74, 6) is -0.998. The van der Waals surface area contributed by atoms with E-state index in [0.717, 1.165) is 0 Å². The van der Waals surface area contributed by atoms with Gasteiger partial charge in [0.05, 0.1) is 0 Å². The molecule has 0 saturated heterocycles. The van der Waals surface area contributed by atoms with Gasteiger partial charge >= 0.3 is 12.0 Å². The summed E-state index contributed by atoms with van der Waals surface area (Å²) in [5.41, 5.74) is 0. The van der Waals surface area contributed by atoms with Gasteiger partial charge < -0.3 is 15.3 Å².